The SMILES string of the molecule is Cc1ccccc1NC(=O)Nc1ccc(CC(=O)N2CC(=O)CC2c2ncc(CCC(=O)O)s2)cc1. The number of hydrogen-bond acceptors (Lipinski definition) is 6. The molecule has 1 saturated heterocycles. The van der Waals surface area contributed by atoms with Gasteiger partial charge in [0.25, 0.3) is 0 Å². The number of aryl methyl sites for hydroxylation is 2. The van der Waals surface area contributed by atoms with Crippen molar-refractivity contribution in [3.05, 3.63) is 75.7 Å². The number of carbonyl (C=O) groups is 4. The standard InChI is InChI=1S/C26H26N4O5S/c1-16-4-2-3-5-21(16)29-26(35)28-18-8-6-17(7-9-18)12-23(32)30-15-19(31)13-22(30)25-27-14-20(36-25)10-11-24(33)34/h2-9,14,22H,10-13,15H2,1H3,(H,33,34)(H2,28,29,35). The van der Waals surface area contributed by atoms with Gasteiger partial charge >= 0.3 is 12.0 Å². The van der Waals surface area contributed by atoms with Crippen LogP contribution in [-0.4, -0.2) is 45.2 Å². The molecule has 36 heavy (non-hydrogen) atoms. The number of para-hydroxylation sites is 1. The van der Waals surface area contributed by atoms with Crippen molar-refractivity contribution in [1.29, 1.82) is 0 Å². The highest BCUT2D eigenvalue weighted by atomic mass is 32.1. The van der Waals surface area contributed by atoms with Crippen LogP contribution in [0.4, 0.5) is 16.2 Å². The van der Waals surface area contributed by atoms with Crippen LogP contribution in [0.5, 0.6) is 0 Å². The first-order valence-corrected chi connectivity index (χ1v) is 12.3. The molecule has 1 aliphatic rings. The molecule has 4 rings (SSSR count). The number of rotatable bonds is 8. The van der Waals surface area contributed by atoms with E-state index in [4.69, 9.17) is 5.11 Å². The number of nitrogens with zero attached hydrogens (tertiary/aromatic N) is 2. The number of amides is 3. The number of urea groups is 1. The van der Waals surface area contributed by atoms with Gasteiger partial charge in [0.1, 0.15) is 5.01 Å². The first-order valence-electron chi connectivity index (χ1n) is 11.5. The van der Waals surface area contributed by atoms with Crippen molar-refractivity contribution in [3.8, 4) is 0 Å². The molecule has 3 amide bonds. The van der Waals surface area contributed by atoms with Crippen molar-refractivity contribution in [3.63, 3.8) is 0 Å². The second-order valence-electron chi connectivity index (χ2n) is 8.61. The summed E-state index contributed by atoms with van der Waals surface area (Å²) in [6.07, 6.45) is 2.31. The van der Waals surface area contributed by atoms with Crippen molar-refractivity contribution >= 4 is 46.4 Å². The van der Waals surface area contributed by atoms with Gasteiger partial charge in [0, 0.05) is 28.9 Å². The van der Waals surface area contributed by atoms with Crippen molar-refractivity contribution in [2.45, 2.75) is 38.6 Å². The van der Waals surface area contributed by atoms with Gasteiger partial charge in [-0.1, -0.05) is 30.3 Å². The quantitative estimate of drug-likeness (QED) is 0.420. The topological polar surface area (TPSA) is 129 Å². The molecule has 1 fully saturated rings. The Morgan fingerprint density at radius 3 is 2.58 bits per heavy atom. The fourth-order valence-corrected chi connectivity index (χ4v) is 5.01. The van der Waals surface area contributed by atoms with Gasteiger partial charge in [-0.25, -0.2) is 9.78 Å². The summed E-state index contributed by atoms with van der Waals surface area (Å²) in [6.45, 7) is 1.94. The number of Topliss-reactive ketones (excluding diaryl/α,β-unsaturated/α-hetero) is 1. The highest BCUT2D eigenvalue weighted by Gasteiger charge is 2.36. The van der Waals surface area contributed by atoms with Gasteiger partial charge < -0.3 is 20.6 Å². The lowest BCUT2D eigenvalue weighted by Gasteiger charge is -2.22. The number of carbonyl (C=O) groups excluding carboxylic acids is 3. The van der Waals surface area contributed by atoms with Gasteiger partial charge in [0.05, 0.1) is 25.4 Å². The van der Waals surface area contributed by atoms with Crippen molar-refractivity contribution < 1.29 is 24.3 Å². The van der Waals surface area contributed by atoms with Crippen LogP contribution in [0, 0.1) is 6.92 Å². The summed E-state index contributed by atoms with van der Waals surface area (Å²) in [4.78, 5) is 55.1. The van der Waals surface area contributed by atoms with E-state index in [2.05, 4.69) is 15.6 Å². The van der Waals surface area contributed by atoms with Crippen molar-refractivity contribution in [2.24, 2.45) is 0 Å². The van der Waals surface area contributed by atoms with E-state index in [9.17, 15) is 19.2 Å². The van der Waals surface area contributed by atoms with E-state index in [1.54, 1.807) is 35.4 Å². The average Bonchev–Trinajstić information content (AvgIpc) is 3.47. The highest BCUT2D eigenvalue weighted by Crippen LogP contribution is 2.33. The minimum absolute atomic E-state index is 0.00623. The summed E-state index contributed by atoms with van der Waals surface area (Å²) >= 11 is 1.34. The number of aromatic nitrogens is 1. The van der Waals surface area contributed by atoms with Crippen LogP contribution in [0.1, 0.15) is 39.9 Å². The number of anilines is 2. The molecule has 3 N–H and O–H groups in total. The van der Waals surface area contributed by atoms with E-state index in [1.807, 2.05) is 31.2 Å². The predicted octanol–water partition coefficient (Wildman–Crippen LogP) is 4.20. The summed E-state index contributed by atoms with van der Waals surface area (Å²) in [5.41, 5.74) is 3.02. The summed E-state index contributed by atoms with van der Waals surface area (Å²) in [7, 11) is 0. The van der Waals surface area contributed by atoms with Crippen LogP contribution in [0.2, 0.25) is 0 Å². The fraction of sp³-hybridized carbons (Fsp3) is 0.269. The van der Waals surface area contributed by atoms with E-state index in [-0.39, 0.29) is 43.5 Å². The van der Waals surface area contributed by atoms with Crippen LogP contribution in [-0.2, 0) is 27.2 Å². The molecular weight excluding hydrogens is 480 g/mol. The molecule has 186 valence electrons. The Kier molecular flexibility index (Phi) is 7.74. The van der Waals surface area contributed by atoms with Gasteiger partial charge in [-0.2, -0.15) is 0 Å². The van der Waals surface area contributed by atoms with E-state index in [0.717, 1.165) is 21.7 Å². The number of carboxylic acid groups (broad SMARTS) is 1. The number of thiazole rings is 1. The van der Waals surface area contributed by atoms with E-state index < -0.39 is 12.0 Å². The fourth-order valence-electron chi connectivity index (χ4n) is 3.98. The Morgan fingerprint density at radius 2 is 1.86 bits per heavy atom. The summed E-state index contributed by atoms with van der Waals surface area (Å²) in [5, 5.41) is 15.1. The maximum atomic E-state index is 13.1. The smallest absolute Gasteiger partial charge is 0.323 e. The Balaban J connectivity index is 1.35. The molecule has 0 spiro atoms. The zero-order valence-corrected chi connectivity index (χ0v) is 20.5. The Bertz CT molecular complexity index is 1290. The second-order valence-corrected chi connectivity index (χ2v) is 9.75. The number of hydrogen-bond donors (Lipinski definition) is 3. The molecule has 0 aliphatic carbocycles. The minimum atomic E-state index is -0.883. The van der Waals surface area contributed by atoms with Gasteiger partial charge in [-0.05, 0) is 42.7 Å². The summed E-state index contributed by atoms with van der Waals surface area (Å²) in [6, 6.07) is 13.7. The monoisotopic (exact) mass is 506 g/mol. The first-order chi connectivity index (χ1) is 17.3. The molecule has 1 atom stereocenters. The van der Waals surface area contributed by atoms with Crippen LogP contribution < -0.4 is 10.6 Å². The lowest BCUT2D eigenvalue weighted by Crippen LogP contribution is -2.32. The van der Waals surface area contributed by atoms with E-state index >= 15 is 0 Å². The first kappa shape index (κ1) is 25.1. The lowest BCUT2D eigenvalue weighted by atomic mass is 10.1. The van der Waals surface area contributed by atoms with Gasteiger partial charge in [0.2, 0.25) is 5.91 Å². The van der Waals surface area contributed by atoms with Crippen LogP contribution >= 0.6 is 11.3 Å². The normalized spacial score (nSPS) is 15.1. The van der Waals surface area contributed by atoms with Gasteiger partial charge in [0.15, 0.2) is 5.78 Å². The molecule has 1 unspecified atom stereocenters. The molecule has 3 aromatic rings. The zero-order chi connectivity index (χ0) is 25.7. The molecule has 1 aliphatic heterocycles. The molecule has 2 aromatic carbocycles. The highest BCUT2D eigenvalue weighted by molar-refractivity contribution is 7.11. The minimum Gasteiger partial charge on any atom is -0.481 e. The van der Waals surface area contributed by atoms with Crippen molar-refractivity contribution in [2.75, 3.05) is 17.2 Å². The maximum Gasteiger partial charge on any atom is 0.323 e. The molecule has 10 heteroatoms. The molecule has 9 nitrogen and oxygen atoms in total. The molecule has 2 heterocycles. The number of aliphatic carboxylic acids is 1. The molecule has 0 radical (unpaired) electrons. The predicted molar refractivity (Wildman–Crippen MR) is 136 cm³/mol. The number of ketones is 1. The molecule has 1 aromatic heterocycles. The van der Waals surface area contributed by atoms with E-state index in [1.165, 1.54) is 11.3 Å². The zero-order valence-electron chi connectivity index (χ0n) is 19.7. The third-order valence-corrected chi connectivity index (χ3v) is 7.02. The third-order valence-electron chi connectivity index (χ3n) is 5.87. The largest absolute Gasteiger partial charge is 0.481 e. The Labute approximate surface area is 212 Å². The average molecular weight is 507 g/mol. The number of likely N-dealkylation sites (tertiary alicyclic amines) is 1. The maximum absolute atomic E-state index is 13.1. The number of nitrogens with one attached hydrogen (secondary N) is 2. The van der Waals surface area contributed by atoms with Crippen molar-refractivity contribution in [1.82, 2.24) is 9.88 Å². The Hall–Kier alpha value is -4.05. The van der Waals surface area contributed by atoms with Crippen LogP contribution in [0.3, 0.4) is 0 Å². The third kappa shape index (κ3) is 6.33. The van der Waals surface area contributed by atoms with Gasteiger partial charge in [-0.15, -0.1) is 11.3 Å². The summed E-state index contributed by atoms with van der Waals surface area (Å²) < 4.78 is 0. The summed E-state index contributed by atoms with van der Waals surface area (Å²) in [5.74, 6) is -1.10. The van der Waals surface area contributed by atoms with Gasteiger partial charge in [-0.3, -0.25) is 14.4 Å². The molecule has 0 bridgehead atoms. The second kappa shape index (κ2) is 11.1. The number of carboxylic acids is 1. The lowest BCUT2D eigenvalue weighted by molar-refractivity contribution is -0.137. The Morgan fingerprint density at radius 1 is 1.11 bits per heavy atom. The molecule has 0 saturated carbocycles. The molecular formula is C26H26N4O5S. The number of benzene rings is 2. The van der Waals surface area contributed by atoms with Crippen LogP contribution in [0.25, 0.3) is 0 Å². The van der Waals surface area contributed by atoms with Crippen LogP contribution in [0.15, 0.2) is 54.7 Å². The van der Waals surface area contributed by atoms with E-state index in [0.29, 0.717) is 17.1 Å².